The van der Waals surface area contributed by atoms with Crippen LogP contribution in [-0.4, -0.2) is 65.4 Å². The van der Waals surface area contributed by atoms with Gasteiger partial charge in [-0.2, -0.15) is 0 Å². The predicted octanol–water partition coefficient (Wildman–Crippen LogP) is 3.76. The molecule has 182 valence electrons. The smallest absolute Gasteiger partial charge is 0.304 e. The number of carboxylic acids is 1. The maximum atomic E-state index is 15.3. The van der Waals surface area contributed by atoms with E-state index in [4.69, 9.17) is 4.74 Å². The minimum absolute atomic E-state index is 0.0360. The number of aromatic nitrogens is 2. The van der Waals surface area contributed by atoms with Crippen LogP contribution < -0.4 is 10.1 Å². The van der Waals surface area contributed by atoms with Crippen LogP contribution in [0.15, 0.2) is 30.5 Å². The van der Waals surface area contributed by atoms with Gasteiger partial charge in [0.15, 0.2) is 0 Å². The molecule has 1 unspecified atom stereocenters. The van der Waals surface area contributed by atoms with Crippen LogP contribution in [0.25, 0.3) is 10.9 Å². The number of ether oxygens (including phenoxy) is 1. The van der Waals surface area contributed by atoms with Gasteiger partial charge >= 0.3 is 5.97 Å². The van der Waals surface area contributed by atoms with E-state index in [9.17, 15) is 14.3 Å². The summed E-state index contributed by atoms with van der Waals surface area (Å²) in [5.41, 5.74) is 4.00. The largest absolute Gasteiger partial charge is 0.481 e. The number of halogens is 2. The molecule has 3 N–H and O–H groups in total. The van der Waals surface area contributed by atoms with E-state index in [1.165, 1.54) is 6.20 Å². The van der Waals surface area contributed by atoms with Gasteiger partial charge in [-0.3, -0.25) is 14.1 Å². The first kappa shape index (κ1) is 24.1. The summed E-state index contributed by atoms with van der Waals surface area (Å²) >= 11 is 0. The van der Waals surface area contributed by atoms with E-state index < -0.39 is 17.8 Å². The van der Waals surface area contributed by atoms with Crippen molar-refractivity contribution < 1.29 is 23.4 Å². The number of nitrogens with one attached hydrogen (secondary N) is 2. The molecule has 3 heterocycles. The standard InChI is InChI=1S/C25H30F2N4O3/c1-16-22(19(27)15-29-25(16)34-14-11-28-10-4-9-26)24-23-18(7-12-31(24)13-8-21(32)33)17-5-2-3-6-20(17)30-23/h2-3,5-6,15,24,28,30H,4,7-14H2,1H3,(H,32,33). The second-order valence-corrected chi connectivity index (χ2v) is 8.49. The van der Waals surface area contributed by atoms with Crippen molar-refractivity contribution in [2.45, 2.75) is 32.2 Å². The van der Waals surface area contributed by atoms with Crippen LogP contribution in [0.3, 0.4) is 0 Å². The first-order valence-electron chi connectivity index (χ1n) is 11.6. The summed E-state index contributed by atoms with van der Waals surface area (Å²) in [5.74, 6) is -1.01. The number of pyridine rings is 1. The number of hydrogen-bond acceptors (Lipinski definition) is 5. The Balaban J connectivity index is 1.68. The van der Waals surface area contributed by atoms with Crippen LogP contribution in [0.5, 0.6) is 5.88 Å². The maximum absolute atomic E-state index is 15.3. The fourth-order valence-corrected chi connectivity index (χ4v) is 4.69. The summed E-state index contributed by atoms with van der Waals surface area (Å²) in [7, 11) is 0. The third kappa shape index (κ3) is 5.05. The molecule has 0 fully saturated rings. The van der Waals surface area contributed by atoms with Gasteiger partial charge in [-0.25, -0.2) is 9.37 Å². The molecule has 0 saturated carbocycles. The van der Waals surface area contributed by atoms with Crippen molar-refractivity contribution in [3.8, 4) is 5.88 Å². The molecule has 7 nitrogen and oxygen atoms in total. The van der Waals surface area contributed by atoms with Gasteiger partial charge in [0, 0.05) is 47.4 Å². The van der Waals surface area contributed by atoms with Crippen LogP contribution in [0.1, 0.15) is 41.3 Å². The van der Waals surface area contributed by atoms with Crippen LogP contribution in [0, 0.1) is 12.7 Å². The summed E-state index contributed by atoms with van der Waals surface area (Å²) in [6.45, 7) is 3.72. The molecule has 1 atom stereocenters. The topological polar surface area (TPSA) is 90.5 Å². The van der Waals surface area contributed by atoms with Crippen LogP contribution >= 0.6 is 0 Å². The Hall–Kier alpha value is -3.04. The van der Waals surface area contributed by atoms with Gasteiger partial charge in [0.05, 0.1) is 25.3 Å². The fraction of sp³-hybridized carbons (Fsp3) is 0.440. The molecule has 2 aromatic heterocycles. The molecule has 9 heteroatoms. The molecule has 0 saturated heterocycles. The molecule has 3 aromatic rings. The van der Waals surface area contributed by atoms with E-state index in [1.54, 1.807) is 6.92 Å². The van der Waals surface area contributed by atoms with Crippen molar-refractivity contribution in [2.75, 3.05) is 39.5 Å². The first-order valence-corrected chi connectivity index (χ1v) is 11.6. The number of aliphatic carboxylic acids is 1. The van der Waals surface area contributed by atoms with Crippen molar-refractivity contribution in [1.29, 1.82) is 0 Å². The molecule has 0 spiro atoms. The molecule has 1 aromatic carbocycles. The van der Waals surface area contributed by atoms with Gasteiger partial charge in [0.2, 0.25) is 5.88 Å². The number of alkyl halides is 1. The number of nitrogens with zero attached hydrogens (tertiary/aromatic N) is 2. The number of aromatic amines is 1. The molecule has 1 aliphatic rings. The Labute approximate surface area is 197 Å². The molecule has 0 bridgehead atoms. The van der Waals surface area contributed by atoms with Crippen LogP contribution in [0.4, 0.5) is 8.78 Å². The maximum Gasteiger partial charge on any atom is 0.304 e. The number of fused-ring (bicyclic) bond motifs is 3. The van der Waals surface area contributed by atoms with Gasteiger partial charge in [-0.05, 0) is 37.9 Å². The minimum atomic E-state index is -0.891. The third-order valence-electron chi connectivity index (χ3n) is 6.30. The monoisotopic (exact) mass is 472 g/mol. The normalized spacial score (nSPS) is 16.0. The van der Waals surface area contributed by atoms with Crippen molar-refractivity contribution in [3.05, 3.63) is 58.7 Å². The zero-order valence-corrected chi connectivity index (χ0v) is 19.2. The average molecular weight is 473 g/mol. The van der Waals surface area contributed by atoms with Crippen molar-refractivity contribution in [3.63, 3.8) is 0 Å². The van der Waals surface area contributed by atoms with E-state index in [0.717, 1.165) is 28.6 Å². The molecule has 1 aliphatic heterocycles. The lowest BCUT2D eigenvalue weighted by Crippen LogP contribution is -2.38. The summed E-state index contributed by atoms with van der Waals surface area (Å²) in [6, 6.07) is 7.49. The van der Waals surface area contributed by atoms with Crippen LogP contribution in [0.2, 0.25) is 0 Å². The van der Waals surface area contributed by atoms with Gasteiger partial charge < -0.3 is 20.1 Å². The SMILES string of the molecule is Cc1c(OCCNCCCF)ncc(F)c1C1c2[nH]c3ccccc3c2CCN1CCC(=O)O. The molecule has 0 amide bonds. The van der Waals surface area contributed by atoms with E-state index in [1.807, 2.05) is 23.1 Å². The second kappa shape index (κ2) is 10.9. The highest BCUT2D eigenvalue weighted by Crippen LogP contribution is 2.41. The molecular formula is C25H30F2N4O3. The lowest BCUT2D eigenvalue weighted by atomic mass is 9.90. The highest BCUT2D eigenvalue weighted by atomic mass is 19.1. The summed E-state index contributed by atoms with van der Waals surface area (Å²) in [6.07, 6.45) is 2.32. The Morgan fingerprint density at radius 3 is 2.97 bits per heavy atom. The lowest BCUT2D eigenvalue weighted by Gasteiger charge is -2.36. The number of hydrogen-bond donors (Lipinski definition) is 3. The Morgan fingerprint density at radius 2 is 2.18 bits per heavy atom. The van der Waals surface area contributed by atoms with E-state index in [2.05, 4.69) is 21.4 Å². The van der Waals surface area contributed by atoms with E-state index in [0.29, 0.717) is 56.2 Å². The number of benzene rings is 1. The van der Waals surface area contributed by atoms with Gasteiger partial charge in [-0.15, -0.1) is 0 Å². The lowest BCUT2D eigenvalue weighted by molar-refractivity contribution is -0.137. The molecule has 0 aliphatic carbocycles. The molecule has 4 rings (SSSR count). The number of carbonyl (C=O) groups is 1. The second-order valence-electron chi connectivity index (χ2n) is 8.49. The Bertz CT molecular complexity index is 1150. The fourth-order valence-electron chi connectivity index (χ4n) is 4.69. The van der Waals surface area contributed by atoms with Gasteiger partial charge in [-0.1, -0.05) is 18.2 Å². The summed E-state index contributed by atoms with van der Waals surface area (Å²) in [5, 5.41) is 13.5. The quantitative estimate of drug-likeness (QED) is 0.368. The van der Waals surface area contributed by atoms with Crippen molar-refractivity contribution in [2.24, 2.45) is 0 Å². The first-order chi connectivity index (χ1) is 16.5. The highest BCUT2D eigenvalue weighted by molar-refractivity contribution is 5.85. The summed E-state index contributed by atoms with van der Waals surface area (Å²) < 4.78 is 33.4. The molecule has 34 heavy (non-hydrogen) atoms. The minimum Gasteiger partial charge on any atom is -0.481 e. The third-order valence-corrected chi connectivity index (χ3v) is 6.30. The summed E-state index contributed by atoms with van der Waals surface area (Å²) in [4.78, 5) is 20.9. The van der Waals surface area contributed by atoms with E-state index in [-0.39, 0.29) is 13.1 Å². The zero-order chi connectivity index (χ0) is 24.1. The van der Waals surface area contributed by atoms with Crippen LogP contribution in [-0.2, 0) is 11.2 Å². The van der Waals surface area contributed by atoms with Crippen molar-refractivity contribution in [1.82, 2.24) is 20.2 Å². The van der Waals surface area contributed by atoms with Gasteiger partial charge in [0.1, 0.15) is 12.4 Å². The Kier molecular flexibility index (Phi) is 7.74. The number of para-hydroxylation sites is 1. The van der Waals surface area contributed by atoms with E-state index >= 15 is 4.39 Å². The molecular weight excluding hydrogens is 442 g/mol. The zero-order valence-electron chi connectivity index (χ0n) is 19.2. The number of H-pyrrole nitrogens is 1. The van der Waals surface area contributed by atoms with Gasteiger partial charge in [0.25, 0.3) is 0 Å². The number of carboxylic acid groups (broad SMARTS) is 1. The Morgan fingerprint density at radius 1 is 1.35 bits per heavy atom. The number of rotatable bonds is 11. The highest BCUT2D eigenvalue weighted by Gasteiger charge is 2.35. The molecule has 0 radical (unpaired) electrons. The average Bonchev–Trinajstić information content (AvgIpc) is 3.20. The predicted molar refractivity (Wildman–Crippen MR) is 126 cm³/mol. The van der Waals surface area contributed by atoms with Crippen molar-refractivity contribution >= 4 is 16.9 Å².